The number of aliphatic hydroxyl groups is 1. The van der Waals surface area contributed by atoms with E-state index in [1.54, 1.807) is 13.8 Å². The molecule has 0 aromatic rings. The highest BCUT2D eigenvalue weighted by molar-refractivity contribution is 5.95. The third kappa shape index (κ3) is 5.65. The number of hydrogen-bond donors (Lipinski definition) is 3. The second-order valence-electron chi connectivity index (χ2n) is 9.80. The molecule has 1 aliphatic carbocycles. The second kappa shape index (κ2) is 9.21. The summed E-state index contributed by atoms with van der Waals surface area (Å²) in [6.07, 6.45) is -5.13. The quantitative estimate of drug-likeness (QED) is 0.444. The van der Waals surface area contributed by atoms with Crippen LogP contribution in [0.25, 0.3) is 0 Å². The van der Waals surface area contributed by atoms with Crippen LogP contribution in [0.3, 0.4) is 0 Å². The fraction of sp³-hybridized carbons (Fsp3) is 0.810. The molecule has 0 aromatic carbocycles. The summed E-state index contributed by atoms with van der Waals surface area (Å²) < 4.78 is 40.9. The maximum Gasteiger partial charge on any atom is 0.522 e. The molecule has 9 nitrogen and oxygen atoms in total. The molecular formula is C21H30F3N3O6. The van der Waals surface area contributed by atoms with Crippen molar-refractivity contribution in [1.82, 2.24) is 15.5 Å². The zero-order valence-corrected chi connectivity index (χ0v) is 18.8. The molecule has 2 aliphatic heterocycles. The Morgan fingerprint density at radius 2 is 1.97 bits per heavy atom. The first kappa shape index (κ1) is 25.4. The first-order chi connectivity index (χ1) is 15.2. The SMILES string of the molecule is CC(C)C(O)C(=O)N1[C@H](C(=O)NC(CC2CCNC2=O)C(=O)COC(F)(F)F)C[C@@]2(C)C[C@@H]12. The summed E-state index contributed by atoms with van der Waals surface area (Å²) in [4.78, 5) is 51.8. The van der Waals surface area contributed by atoms with Crippen molar-refractivity contribution >= 4 is 23.5 Å². The Bertz CT molecular complexity index is 820. The number of halogens is 3. The lowest BCUT2D eigenvalue weighted by molar-refractivity contribution is -0.321. The average Bonchev–Trinajstić information content (AvgIpc) is 3.04. The third-order valence-electron chi connectivity index (χ3n) is 6.84. The van der Waals surface area contributed by atoms with Crippen molar-refractivity contribution in [3.63, 3.8) is 0 Å². The molecule has 0 aromatic heterocycles. The zero-order valence-electron chi connectivity index (χ0n) is 18.8. The van der Waals surface area contributed by atoms with E-state index in [0.29, 0.717) is 25.8 Å². The van der Waals surface area contributed by atoms with Gasteiger partial charge in [-0.3, -0.25) is 23.9 Å². The van der Waals surface area contributed by atoms with Crippen LogP contribution in [0.1, 0.15) is 46.5 Å². The Balaban J connectivity index is 1.74. The van der Waals surface area contributed by atoms with Crippen LogP contribution in [0, 0.1) is 17.3 Å². The number of amides is 3. The van der Waals surface area contributed by atoms with Crippen LogP contribution in [-0.4, -0.2) is 77.3 Å². The number of rotatable bonds is 9. The number of Topliss-reactive ketones (excluding diaryl/α,β-unsaturated/α-hetero) is 1. The molecule has 2 heterocycles. The van der Waals surface area contributed by atoms with Gasteiger partial charge < -0.3 is 20.6 Å². The topological polar surface area (TPSA) is 125 Å². The van der Waals surface area contributed by atoms with Crippen LogP contribution >= 0.6 is 0 Å². The van der Waals surface area contributed by atoms with Gasteiger partial charge in [0.2, 0.25) is 11.8 Å². The third-order valence-corrected chi connectivity index (χ3v) is 6.84. The van der Waals surface area contributed by atoms with Gasteiger partial charge in [0.25, 0.3) is 5.91 Å². The number of alkyl halides is 3. The van der Waals surface area contributed by atoms with Gasteiger partial charge in [-0.25, -0.2) is 0 Å². The molecule has 3 unspecified atom stereocenters. The molecule has 0 bridgehead atoms. The maximum absolute atomic E-state index is 13.1. The van der Waals surface area contributed by atoms with Crippen LogP contribution in [0.2, 0.25) is 0 Å². The molecule has 3 rings (SSSR count). The number of nitrogens with zero attached hydrogens (tertiary/aromatic N) is 1. The Kier molecular flexibility index (Phi) is 7.09. The molecule has 33 heavy (non-hydrogen) atoms. The molecule has 3 N–H and O–H groups in total. The van der Waals surface area contributed by atoms with Crippen LogP contribution in [0.15, 0.2) is 0 Å². The number of carbonyl (C=O) groups excluding carboxylic acids is 4. The van der Waals surface area contributed by atoms with E-state index in [1.807, 2.05) is 6.92 Å². The lowest BCUT2D eigenvalue weighted by Gasteiger charge is -2.31. The number of likely N-dealkylation sites (tertiary alicyclic amines) is 1. The number of nitrogens with one attached hydrogen (secondary N) is 2. The predicted molar refractivity (Wildman–Crippen MR) is 107 cm³/mol. The lowest BCUT2D eigenvalue weighted by atomic mass is 9.95. The van der Waals surface area contributed by atoms with Crippen molar-refractivity contribution in [1.29, 1.82) is 0 Å². The van der Waals surface area contributed by atoms with E-state index < -0.39 is 54.7 Å². The normalized spacial score (nSPS) is 30.6. The van der Waals surface area contributed by atoms with Crippen molar-refractivity contribution < 1.29 is 42.2 Å². The predicted octanol–water partition coefficient (Wildman–Crippen LogP) is 0.499. The van der Waals surface area contributed by atoms with Crippen molar-refractivity contribution in [2.24, 2.45) is 17.3 Å². The first-order valence-electron chi connectivity index (χ1n) is 11.0. The van der Waals surface area contributed by atoms with E-state index >= 15 is 0 Å². The highest BCUT2D eigenvalue weighted by Crippen LogP contribution is 2.59. The lowest BCUT2D eigenvalue weighted by Crippen LogP contribution is -2.55. The summed E-state index contributed by atoms with van der Waals surface area (Å²) in [6, 6.07) is -2.58. The largest absolute Gasteiger partial charge is 0.522 e. The molecule has 2 saturated heterocycles. The Morgan fingerprint density at radius 3 is 2.52 bits per heavy atom. The number of carbonyl (C=O) groups is 4. The van der Waals surface area contributed by atoms with Gasteiger partial charge in [-0.2, -0.15) is 0 Å². The number of piperidine rings is 1. The molecule has 3 fully saturated rings. The summed E-state index contributed by atoms with van der Waals surface area (Å²) in [5.74, 6) is -3.66. The van der Waals surface area contributed by atoms with Gasteiger partial charge in [0.1, 0.15) is 18.8 Å². The second-order valence-corrected chi connectivity index (χ2v) is 9.80. The molecule has 0 radical (unpaired) electrons. The smallest absolute Gasteiger partial charge is 0.383 e. The van der Waals surface area contributed by atoms with Crippen LogP contribution in [-0.2, 0) is 23.9 Å². The number of aliphatic hydroxyl groups excluding tert-OH is 1. The average molecular weight is 477 g/mol. The summed E-state index contributed by atoms with van der Waals surface area (Å²) in [5, 5.41) is 15.3. The molecule has 6 atom stereocenters. The molecule has 3 aliphatic rings. The minimum absolute atomic E-state index is 0.173. The van der Waals surface area contributed by atoms with E-state index in [0.717, 1.165) is 0 Å². The standard InChI is InChI=1S/C21H30F3N3O6/c1-10(2)16(29)19(32)27-13(7-20(3)8-15(20)27)18(31)26-12(6-11-4-5-25-17(11)30)14(28)9-33-21(22,23)24/h10-13,15-16,29H,4-9H2,1-3H3,(H,25,30)(H,26,31)/t11?,12?,13-,15+,16?,20-/m0/s1. The van der Waals surface area contributed by atoms with Gasteiger partial charge in [0.15, 0.2) is 5.78 Å². The van der Waals surface area contributed by atoms with Gasteiger partial charge in [-0.05, 0) is 37.0 Å². The number of ketones is 1. The summed E-state index contributed by atoms with van der Waals surface area (Å²) in [6.45, 7) is 4.32. The summed E-state index contributed by atoms with van der Waals surface area (Å²) in [5.41, 5.74) is -0.293. The van der Waals surface area contributed by atoms with Gasteiger partial charge in [-0.1, -0.05) is 20.8 Å². The van der Waals surface area contributed by atoms with Crippen molar-refractivity contribution in [2.75, 3.05) is 13.2 Å². The van der Waals surface area contributed by atoms with Crippen molar-refractivity contribution in [2.45, 2.75) is 77.0 Å². The molecule has 0 spiro atoms. The van der Waals surface area contributed by atoms with Gasteiger partial charge in [-0.15, -0.1) is 13.2 Å². The van der Waals surface area contributed by atoms with Crippen molar-refractivity contribution in [3.05, 3.63) is 0 Å². The monoisotopic (exact) mass is 477 g/mol. The summed E-state index contributed by atoms with van der Waals surface area (Å²) >= 11 is 0. The van der Waals surface area contributed by atoms with Crippen LogP contribution in [0.5, 0.6) is 0 Å². The van der Waals surface area contributed by atoms with E-state index in [-0.39, 0.29) is 29.7 Å². The molecule has 186 valence electrons. The van der Waals surface area contributed by atoms with Gasteiger partial charge in [0, 0.05) is 18.5 Å². The van der Waals surface area contributed by atoms with Gasteiger partial charge in [0.05, 0.1) is 6.04 Å². The minimum Gasteiger partial charge on any atom is -0.383 e. The maximum atomic E-state index is 13.1. The highest BCUT2D eigenvalue weighted by atomic mass is 19.4. The van der Waals surface area contributed by atoms with Gasteiger partial charge >= 0.3 is 6.36 Å². The van der Waals surface area contributed by atoms with E-state index in [9.17, 15) is 37.5 Å². The van der Waals surface area contributed by atoms with E-state index in [1.165, 1.54) is 4.90 Å². The molecule has 1 saturated carbocycles. The Labute approximate surface area is 189 Å². The van der Waals surface area contributed by atoms with E-state index in [4.69, 9.17) is 0 Å². The number of fused-ring (bicyclic) bond motifs is 1. The van der Waals surface area contributed by atoms with Crippen LogP contribution in [0.4, 0.5) is 13.2 Å². The Hall–Kier alpha value is -2.21. The molecular weight excluding hydrogens is 447 g/mol. The molecule has 3 amide bonds. The number of ether oxygens (including phenoxy) is 1. The van der Waals surface area contributed by atoms with Crippen molar-refractivity contribution in [3.8, 4) is 0 Å². The zero-order chi connectivity index (χ0) is 24.7. The summed E-state index contributed by atoms with van der Waals surface area (Å²) in [7, 11) is 0. The van der Waals surface area contributed by atoms with E-state index in [2.05, 4.69) is 15.4 Å². The first-order valence-corrected chi connectivity index (χ1v) is 11.0. The fourth-order valence-corrected chi connectivity index (χ4v) is 4.70. The fourth-order valence-electron chi connectivity index (χ4n) is 4.70. The number of hydrogen-bond acceptors (Lipinski definition) is 6. The Morgan fingerprint density at radius 1 is 1.30 bits per heavy atom. The highest BCUT2D eigenvalue weighted by Gasteiger charge is 2.65. The van der Waals surface area contributed by atoms with Crippen LogP contribution < -0.4 is 10.6 Å². The minimum atomic E-state index is -5.02. The molecule has 12 heteroatoms.